The highest BCUT2D eigenvalue weighted by Crippen LogP contribution is 2.01. The number of piperazine rings is 1. The van der Waals surface area contributed by atoms with Crippen LogP contribution in [0.4, 0.5) is 0 Å². The lowest BCUT2D eigenvalue weighted by Crippen LogP contribution is -2.50. The number of nitrogens with one attached hydrogen (secondary N) is 1. The molecule has 0 spiro atoms. The molecule has 126 valence electrons. The maximum Gasteiger partial charge on any atom is 0.0558 e. The Morgan fingerprint density at radius 2 is 1.43 bits per heavy atom. The molecule has 0 aromatic carbocycles. The monoisotopic (exact) mass is 303 g/mol. The van der Waals surface area contributed by atoms with Gasteiger partial charge in [-0.25, -0.2) is 0 Å². The molecule has 1 aliphatic rings. The van der Waals surface area contributed by atoms with Gasteiger partial charge < -0.3 is 21.3 Å². The van der Waals surface area contributed by atoms with Crippen LogP contribution in [0, 0.1) is 0 Å². The zero-order valence-electron chi connectivity index (χ0n) is 13.2. The van der Waals surface area contributed by atoms with E-state index in [9.17, 15) is 0 Å². The molecule has 0 aliphatic carbocycles. The SMILES string of the molecule is NCCNCCN1CCN(CCN(CCO)CCO)CC1. The number of nitrogens with two attached hydrogens (primary N) is 1. The maximum atomic E-state index is 9.00. The molecule has 5 N–H and O–H groups in total. The average molecular weight is 303 g/mol. The molecular formula is C14H33N5O2. The van der Waals surface area contributed by atoms with Crippen LogP contribution in [0.3, 0.4) is 0 Å². The van der Waals surface area contributed by atoms with Crippen LogP contribution in [-0.2, 0) is 0 Å². The lowest BCUT2D eigenvalue weighted by molar-refractivity contribution is 0.106. The van der Waals surface area contributed by atoms with Crippen molar-refractivity contribution in [1.29, 1.82) is 0 Å². The fourth-order valence-corrected chi connectivity index (χ4v) is 2.60. The highest BCUT2D eigenvalue weighted by molar-refractivity contribution is 4.73. The van der Waals surface area contributed by atoms with Crippen LogP contribution in [0.1, 0.15) is 0 Å². The Morgan fingerprint density at radius 1 is 0.857 bits per heavy atom. The topological polar surface area (TPSA) is 88.2 Å². The summed E-state index contributed by atoms with van der Waals surface area (Å²) in [5, 5.41) is 21.3. The summed E-state index contributed by atoms with van der Waals surface area (Å²) < 4.78 is 0. The number of aliphatic hydroxyl groups excluding tert-OH is 2. The van der Waals surface area contributed by atoms with Crippen LogP contribution in [0.25, 0.3) is 0 Å². The van der Waals surface area contributed by atoms with Gasteiger partial charge in [0.2, 0.25) is 0 Å². The summed E-state index contributed by atoms with van der Waals surface area (Å²) in [6.45, 7) is 11.7. The second-order valence-electron chi connectivity index (χ2n) is 5.51. The van der Waals surface area contributed by atoms with Gasteiger partial charge in [-0.05, 0) is 0 Å². The molecular weight excluding hydrogens is 270 g/mol. The predicted octanol–water partition coefficient (Wildman–Crippen LogP) is -2.56. The molecule has 0 saturated carbocycles. The van der Waals surface area contributed by atoms with Gasteiger partial charge in [-0.2, -0.15) is 0 Å². The van der Waals surface area contributed by atoms with Gasteiger partial charge in [-0.15, -0.1) is 0 Å². The minimum atomic E-state index is 0.156. The van der Waals surface area contributed by atoms with Gasteiger partial charge in [0, 0.05) is 78.5 Å². The fraction of sp³-hybridized carbons (Fsp3) is 1.00. The first-order chi connectivity index (χ1) is 10.3. The third-order valence-corrected chi connectivity index (χ3v) is 3.96. The third kappa shape index (κ3) is 8.67. The summed E-state index contributed by atoms with van der Waals surface area (Å²) >= 11 is 0. The molecule has 1 fully saturated rings. The Bertz CT molecular complexity index is 231. The van der Waals surface area contributed by atoms with E-state index in [1.54, 1.807) is 0 Å². The molecule has 1 rings (SSSR count). The van der Waals surface area contributed by atoms with E-state index in [-0.39, 0.29) is 13.2 Å². The highest BCUT2D eigenvalue weighted by Gasteiger charge is 2.16. The van der Waals surface area contributed by atoms with E-state index >= 15 is 0 Å². The van der Waals surface area contributed by atoms with Crippen LogP contribution in [-0.4, -0.2) is 117 Å². The van der Waals surface area contributed by atoms with Crippen molar-refractivity contribution < 1.29 is 10.2 Å². The smallest absolute Gasteiger partial charge is 0.0558 e. The molecule has 0 bridgehead atoms. The first-order valence-electron chi connectivity index (χ1n) is 8.09. The van der Waals surface area contributed by atoms with Crippen molar-refractivity contribution in [3.8, 4) is 0 Å². The summed E-state index contributed by atoms with van der Waals surface area (Å²) in [5.74, 6) is 0. The van der Waals surface area contributed by atoms with E-state index in [0.717, 1.165) is 58.9 Å². The normalized spacial score (nSPS) is 17.7. The molecule has 1 aliphatic heterocycles. The van der Waals surface area contributed by atoms with Crippen molar-refractivity contribution in [3.05, 3.63) is 0 Å². The molecule has 1 heterocycles. The summed E-state index contributed by atoms with van der Waals surface area (Å²) in [6, 6.07) is 0. The van der Waals surface area contributed by atoms with Crippen molar-refractivity contribution in [2.75, 3.05) is 91.8 Å². The largest absolute Gasteiger partial charge is 0.395 e. The first kappa shape index (κ1) is 18.8. The van der Waals surface area contributed by atoms with E-state index in [1.807, 2.05) is 0 Å². The third-order valence-electron chi connectivity index (χ3n) is 3.96. The minimum Gasteiger partial charge on any atom is -0.395 e. The van der Waals surface area contributed by atoms with Crippen molar-refractivity contribution >= 4 is 0 Å². The van der Waals surface area contributed by atoms with Crippen molar-refractivity contribution in [2.24, 2.45) is 5.73 Å². The second kappa shape index (κ2) is 12.3. The van der Waals surface area contributed by atoms with Gasteiger partial charge in [-0.3, -0.25) is 14.7 Å². The zero-order valence-corrected chi connectivity index (χ0v) is 13.2. The minimum absolute atomic E-state index is 0.156. The second-order valence-corrected chi connectivity index (χ2v) is 5.51. The van der Waals surface area contributed by atoms with Gasteiger partial charge in [-0.1, -0.05) is 0 Å². The lowest BCUT2D eigenvalue weighted by Gasteiger charge is -2.35. The van der Waals surface area contributed by atoms with Crippen molar-refractivity contribution in [2.45, 2.75) is 0 Å². The van der Waals surface area contributed by atoms with E-state index in [4.69, 9.17) is 15.9 Å². The summed E-state index contributed by atoms with van der Waals surface area (Å²) in [7, 11) is 0. The Kier molecular flexibility index (Phi) is 11.0. The molecule has 1 saturated heterocycles. The molecule has 7 heteroatoms. The van der Waals surface area contributed by atoms with E-state index in [2.05, 4.69) is 20.0 Å². The van der Waals surface area contributed by atoms with Crippen LogP contribution >= 0.6 is 0 Å². The Labute approximate surface area is 128 Å². The highest BCUT2D eigenvalue weighted by atomic mass is 16.3. The van der Waals surface area contributed by atoms with Gasteiger partial charge in [0.05, 0.1) is 13.2 Å². The zero-order chi connectivity index (χ0) is 15.3. The molecule has 0 unspecified atom stereocenters. The van der Waals surface area contributed by atoms with E-state index in [1.165, 1.54) is 0 Å². The van der Waals surface area contributed by atoms with Gasteiger partial charge in [0.15, 0.2) is 0 Å². The summed E-state index contributed by atoms with van der Waals surface area (Å²) in [4.78, 5) is 7.06. The average Bonchev–Trinajstić information content (AvgIpc) is 2.51. The molecule has 7 nitrogen and oxygen atoms in total. The standard InChI is InChI=1S/C14H33N5O2/c15-1-2-16-3-4-17-5-7-18(8-6-17)9-10-19(11-13-20)12-14-21/h16,20-21H,1-15H2. The van der Waals surface area contributed by atoms with Gasteiger partial charge in [0.1, 0.15) is 0 Å². The molecule has 0 radical (unpaired) electrons. The van der Waals surface area contributed by atoms with Gasteiger partial charge >= 0.3 is 0 Å². The summed E-state index contributed by atoms with van der Waals surface area (Å²) in [5.41, 5.74) is 5.45. The first-order valence-corrected chi connectivity index (χ1v) is 8.09. The number of hydrogen-bond acceptors (Lipinski definition) is 7. The lowest BCUT2D eigenvalue weighted by atomic mass is 10.3. The van der Waals surface area contributed by atoms with Gasteiger partial charge in [0.25, 0.3) is 0 Å². The van der Waals surface area contributed by atoms with Crippen LogP contribution in [0.5, 0.6) is 0 Å². The van der Waals surface area contributed by atoms with Crippen LogP contribution in [0.2, 0.25) is 0 Å². The Hall–Kier alpha value is -0.280. The molecule has 0 atom stereocenters. The number of aliphatic hydroxyl groups is 2. The predicted molar refractivity (Wildman–Crippen MR) is 85.4 cm³/mol. The molecule has 21 heavy (non-hydrogen) atoms. The van der Waals surface area contributed by atoms with Crippen LogP contribution < -0.4 is 11.1 Å². The van der Waals surface area contributed by atoms with Crippen molar-refractivity contribution in [1.82, 2.24) is 20.0 Å². The van der Waals surface area contributed by atoms with Crippen LogP contribution in [0.15, 0.2) is 0 Å². The number of rotatable bonds is 12. The van der Waals surface area contributed by atoms with E-state index < -0.39 is 0 Å². The Morgan fingerprint density at radius 3 is 1.95 bits per heavy atom. The Balaban J connectivity index is 2.09. The fourth-order valence-electron chi connectivity index (χ4n) is 2.60. The maximum absolute atomic E-state index is 9.00. The number of nitrogens with zero attached hydrogens (tertiary/aromatic N) is 3. The number of hydrogen-bond donors (Lipinski definition) is 4. The van der Waals surface area contributed by atoms with E-state index in [0.29, 0.717) is 19.6 Å². The quantitative estimate of drug-likeness (QED) is 0.295. The van der Waals surface area contributed by atoms with Crippen molar-refractivity contribution in [3.63, 3.8) is 0 Å². The summed E-state index contributed by atoms with van der Waals surface area (Å²) in [6.07, 6.45) is 0. The molecule has 0 aromatic heterocycles. The molecule has 0 aromatic rings. The molecule has 0 amide bonds.